The van der Waals surface area contributed by atoms with Crippen LogP contribution in [0.1, 0.15) is 61.6 Å². The molecule has 2 aromatic heterocycles. The third kappa shape index (κ3) is 3.95. The largest absolute Gasteiger partial charge is 0.496 e. The molecule has 1 fully saturated rings. The standard InChI is InChI=1S/C29H33N3O3/c1-17-10-28(31-8-7-9-31)30-15-22(17)21-11-19-12-27(29(3,4)5)32-16-23(18(2)33)25(34)14-24(32)20(19)13-26(21)35-6/h10-11,13-16,27H,7-9,12H2,1-6H3. The molecule has 0 bridgehead atoms. The fourth-order valence-corrected chi connectivity index (χ4v) is 5.27. The Morgan fingerprint density at radius 3 is 2.40 bits per heavy atom. The highest BCUT2D eigenvalue weighted by Crippen LogP contribution is 2.46. The van der Waals surface area contributed by atoms with Gasteiger partial charge in [-0.2, -0.15) is 0 Å². The van der Waals surface area contributed by atoms with Gasteiger partial charge in [0.25, 0.3) is 0 Å². The van der Waals surface area contributed by atoms with Crippen LogP contribution in [-0.2, 0) is 6.42 Å². The van der Waals surface area contributed by atoms with Gasteiger partial charge < -0.3 is 14.2 Å². The molecule has 0 aliphatic carbocycles. The molecule has 1 atom stereocenters. The minimum absolute atomic E-state index is 0.0774. The number of carbonyl (C=O) groups is 1. The molecule has 0 N–H and O–H groups in total. The van der Waals surface area contributed by atoms with Gasteiger partial charge in [0.2, 0.25) is 0 Å². The lowest BCUT2D eigenvalue weighted by Gasteiger charge is -2.39. The van der Waals surface area contributed by atoms with Gasteiger partial charge in [-0.05, 0) is 61.4 Å². The summed E-state index contributed by atoms with van der Waals surface area (Å²) in [6.07, 6.45) is 5.71. The molecule has 6 heteroatoms. The zero-order chi connectivity index (χ0) is 25.1. The first kappa shape index (κ1) is 23.3. The number of aryl methyl sites for hydroxylation is 1. The Hall–Kier alpha value is -3.41. The molecular formula is C29H33N3O3. The van der Waals surface area contributed by atoms with E-state index < -0.39 is 0 Å². The molecule has 1 unspecified atom stereocenters. The van der Waals surface area contributed by atoms with E-state index >= 15 is 0 Å². The molecule has 0 amide bonds. The maximum atomic E-state index is 12.8. The number of hydrogen-bond acceptors (Lipinski definition) is 5. The smallest absolute Gasteiger partial charge is 0.192 e. The number of carbonyl (C=O) groups excluding carboxylic acids is 1. The number of ether oxygens (including phenoxy) is 1. The van der Waals surface area contributed by atoms with E-state index in [1.165, 1.54) is 18.9 Å². The molecule has 1 aromatic carbocycles. The number of anilines is 1. The molecule has 2 aliphatic rings. The summed E-state index contributed by atoms with van der Waals surface area (Å²) in [6.45, 7) is 12.3. The molecule has 182 valence electrons. The maximum Gasteiger partial charge on any atom is 0.192 e. The van der Waals surface area contributed by atoms with E-state index in [1.807, 2.05) is 12.3 Å². The van der Waals surface area contributed by atoms with Gasteiger partial charge in [-0.15, -0.1) is 0 Å². The maximum absolute atomic E-state index is 12.8. The Morgan fingerprint density at radius 1 is 1.09 bits per heavy atom. The highest BCUT2D eigenvalue weighted by atomic mass is 16.5. The summed E-state index contributed by atoms with van der Waals surface area (Å²) < 4.78 is 7.97. The van der Waals surface area contributed by atoms with Crippen molar-refractivity contribution < 1.29 is 9.53 Å². The van der Waals surface area contributed by atoms with Crippen molar-refractivity contribution in [3.8, 4) is 28.1 Å². The third-order valence-electron chi connectivity index (χ3n) is 7.48. The molecule has 0 radical (unpaired) electrons. The van der Waals surface area contributed by atoms with Crippen LogP contribution in [0.15, 0.2) is 41.5 Å². The summed E-state index contributed by atoms with van der Waals surface area (Å²) >= 11 is 0. The number of nitrogens with zero attached hydrogens (tertiary/aromatic N) is 3. The Balaban J connectivity index is 1.69. The number of ketones is 1. The van der Waals surface area contributed by atoms with Crippen LogP contribution in [0.5, 0.6) is 5.75 Å². The summed E-state index contributed by atoms with van der Waals surface area (Å²) in [5.74, 6) is 1.56. The van der Waals surface area contributed by atoms with Crippen LogP contribution in [-0.4, -0.2) is 35.5 Å². The molecule has 0 saturated carbocycles. The number of pyridine rings is 2. The van der Waals surface area contributed by atoms with Crippen molar-refractivity contribution in [2.24, 2.45) is 5.41 Å². The molecule has 0 spiro atoms. The Labute approximate surface area is 206 Å². The fourth-order valence-electron chi connectivity index (χ4n) is 5.27. The quantitative estimate of drug-likeness (QED) is 0.474. The summed E-state index contributed by atoms with van der Waals surface area (Å²) in [5.41, 5.74) is 6.11. The number of rotatable bonds is 4. The molecule has 3 aromatic rings. The van der Waals surface area contributed by atoms with Gasteiger partial charge in [-0.1, -0.05) is 20.8 Å². The lowest BCUT2D eigenvalue weighted by molar-refractivity contribution is 0.101. The van der Waals surface area contributed by atoms with Gasteiger partial charge >= 0.3 is 0 Å². The van der Waals surface area contributed by atoms with E-state index in [-0.39, 0.29) is 28.2 Å². The molecular weight excluding hydrogens is 438 g/mol. The van der Waals surface area contributed by atoms with Crippen molar-refractivity contribution in [1.29, 1.82) is 0 Å². The van der Waals surface area contributed by atoms with Gasteiger partial charge in [-0.3, -0.25) is 9.59 Å². The van der Waals surface area contributed by atoms with Crippen LogP contribution in [0.2, 0.25) is 0 Å². The number of Topliss-reactive ketones (excluding diaryl/α,β-unsaturated/α-hetero) is 1. The van der Waals surface area contributed by atoms with E-state index in [1.54, 1.807) is 19.4 Å². The average Bonchev–Trinajstić information content (AvgIpc) is 2.75. The van der Waals surface area contributed by atoms with Crippen LogP contribution in [0.4, 0.5) is 5.82 Å². The van der Waals surface area contributed by atoms with E-state index in [9.17, 15) is 9.59 Å². The van der Waals surface area contributed by atoms with Crippen LogP contribution in [0.3, 0.4) is 0 Å². The summed E-state index contributed by atoms with van der Waals surface area (Å²) in [4.78, 5) is 32.0. The van der Waals surface area contributed by atoms with Crippen molar-refractivity contribution in [2.45, 2.75) is 53.5 Å². The lowest BCUT2D eigenvalue weighted by Crippen LogP contribution is -2.37. The van der Waals surface area contributed by atoms with Gasteiger partial charge in [0.05, 0.1) is 18.4 Å². The molecule has 35 heavy (non-hydrogen) atoms. The Kier molecular flexibility index (Phi) is 5.58. The second-order valence-corrected chi connectivity index (χ2v) is 10.9. The number of benzene rings is 1. The van der Waals surface area contributed by atoms with Crippen LogP contribution < -0.4 is 15.1 Å². The predicted molar refractivity (Wildman–Crippen MR) is 140 cm³/mol. The monoisotopic (exact) mass is 471 g/mol. The first-order chi connectivity index (χ1) is 16.6. The Morgan fingerprint density at radius 2 is 1.83 bits per heavy atom. The van der Waals surface area contributed by atoms with Gasteiger partial charge in [0.15, 0.2) is 11.2 Å². The van der Waals surface area contributed by atoms with Gasteiger partial charge in [0, 0.05) is 54.3 Å². The molecule has 6 nitrogen and oxygen atoms in total. The van der Waals surface area contributed by atoms with Crippen molar-refractivity contribution in [3.05, 3.63) is 63.6 Å². The second-order valence-electron chi connectivity index (χ2n) is 10.9. The van der Waals surface area contributed by atoms with Crippen molar-refractivity contribution in [1.82, 2.24) is 9.55 Å². The minimum atomic E-state index is -0.242. The fraction of sp³-hybridized carbons (Fsp3) is 0.414. The van der Waals surface area contributed by atoms with Crippen LogP contribution >= 0.6 is 0 Å². The Bertz CT molecular complexity index is 1390. The lowest BCUT2D eigenvalue weighted by atomic mass is 9.78. The van der Waals surface area contributed by atoms with Crippen molar-refractivity contribution >= 4 is 11.6 Å². The molecule has 2 aliphatic heterocycles. The minimum Gasteiger partial charge on any atom is -0.496 e. The summed E-state index contributed by atoms with van der Waals surface area (Å²) in [5, 5.41) is 0. The predicted octanol–water partition coefficient (Wildman–Crippen LogP) is 5.45. The van der Waals surface area contributed by atoms with Crippen molar-refractivity contribution in [2.75, 3.05) is 25.1 Å². The van der Waals surface area contributed by atoms with Crippen molar-refractivity contribution in [3.63, 3.8) is 0 Å². The zero-order valence-electron chi connectivity index (χ0n) is 21.4. The number of hydrogen-bond donors (Lipinski definition) is 0. The SMILES string of the molecule is COc1cc2c(cc1-c1cnc(N3CCC3)cc1C)CC(C(C)(C)C)n1cc(C(C)=O)c(=O)cc1-2. The first-order valence-electron chi connectivity index (χ1n) is 12.3. The van der Waals surface area contributed by atoms with Gasteiger partial charge in [0.1, 0.15) is 11.6 Å². The molecule has 1 saturated heterocycles. The number of fused-ring (bicyclic) bond motifs is 3. The zero-order valence-corrected chi connectivity index (χ0v) is 21.4. The van der Waals surface area contributed by atoms with E-state index in [0.717, 1.165) is 59.0 Å². The summed E-state index contributed by atoms with van der Waals surface area (Å²) in [6, 6.07) is 8.10. The summed E-state index contributed by atoms with van der Waals surface area (Å²) in [7, 11) is 1.68. The second kappa shape index (κ2) is 8.36. The molecule has 4 heterocycles. The van der Waals surface area contributed by atoms with E-state index in [4.69, 9.17) is 9.72 Å². The average molecular weight is 472 g/mol. The van der Waals surface area contributed by atoms with Crippen LogP contribution in [0.25, 0.3) is 22.4 Å². The number of aromatic nitrogens is 2. The van der Waals surface area contributed by atoms with Crippen LogP contribution in [0, 0.1) is 12.3 Å². The van der Waals surface area contributed by atoms with E-state index in [0.29, 0.717) is 0 Å². The number of methoxy groups -OCH3 is 1. The topological polar surface area (TPSA) is 64.4 Å². The third-order valence-corrected chi connectivity index (χ3v) is 7.48. The molecule has 5 rings (SSSR count). The first-order valence-corrected chi connectivity index (χ1v) is 12.3. The van der Waals surface area contributed by atoms with Gasteiger partial charge in [-0.25, -0.2) is 4.98 Å². The van der Waals surface area contributed by atoms with E-state index in [2.05, 4.69) is 49.3 Å². The highest BCUT2D eigenvalue weighted by molar-refractivity contribution is 5.94. The normalized spacial score (nSPS) is 16.9. The highest BCUT2D eigenvalue weighted by Gasteiger charge is 2.34.